The third-order valence-electron chi connectivity index (χ3n) is 3.67. The van der Waals surface area contributed by atoms with Crippen molar-refractivity contribution < 1.29 is 14.5 Å². The molecule has 27 heavy (non-hydrogen) atoms. The van der Waals surface area contributed by atoms with Gasteiger partial charge < -0.3 is 10.1 Å². The van der Waals surface area contributed by atoms with Crippen LogP contribution in [0.15, 0.2) is 60.7 Å². The molecule has 1 aromatic heterocycles. The van der Waals surface area contributed by atoms with Crippen molar-refractivity contribution in [3.8, 4) is 17.1 Å². The number of hydrogen-bond donors (Lipinski definition) is 1. The van der Waals surface area contributed by atoms with E-state index in [-0.39, 0.29) is 11.3 Å². The highest BCUT2D eigenvalue weighted by Crippen LogP contribution is 2.22. The third-order valence-corrected chi connectivity index (χ3v) is 3.67. The normalized spacial score (nSPS) is 10.3. The molecule has 8 nitrogen and oxygen atoms in total. The molecule has 0 bridgehead atoms. The molecular weight excluding hydrogens is 348 g/mol. The Morgan fingerprint density at radius 2 is 1.93 bits per heavy atom. The van der Waals surface area contributed by atoms with E-state index in [4.69, 9.17) is 4.74 Å². The highest BCUT2D eigenvalue weighted by atomic mass is 16.6. The molecule has 8 heteroatoms. The van der Waals surface area contributed by atoms with Crippen molar-refractivity contribution in [3.05, 3.63) is 76.3 Å². The van der Waals surface area contributed by atoms with Crippen LogP contribution < -0.4 is 10.1 Å². The van der Waals surface area contributed by atoms with Gasteiger partial charge in [-0.2, -0.15) is 0 Å². The van der Waals surface area contributed by atoms with Crippen molar-refractivity contribution in [1.82, 2.24) is 10.2 Å². The molecule has 3 rings (SSSR count). The number of aromatic nitrogens is 2. The van der Waals surface area contributed by atoms with Gasteiger partial charge in [0.15, 0.2) is 0 Å². The summed E-state index contributed by atoms with van der Waals surface area (Å²) in [6.45, 7) is 2.37. The number of amides is 1. The number of anilines is 1. The number of nitro groups is 1. The number of non-ortho nitro benzene ring substituents is 1. The average Bonchev–Trinajstić information content (AvgIpc) is 2.69. The van der Waals surface area contributed by atoms with E-state index in [0.29, 0.717) is 23.9 Å². The number of ether oxygens (including phenoxy) is 1. The lowest BCUT2D eigenvalue weighted by atomic mass is 10.1. The molecule has 0 unspecified atom stereocenters. The molecule has 0 fully saturated rings. The maximum Gasteiger partial charge on any atom is 0.270 e. The molecule has 1 amide bonds. The van der Waals surface area contributed by atoms with Gasteiger partial charge in [0.25, 0.3) is 11.6 Å². The number of hydrogen-bond acceptors (Lipinski definition) is 6. The third kappa shape index (κ3) is 4.43. The zero-order valence-electron chi connectivity index (χ0n) is 14.5. The molecule has 0 aliphatic heterocycles. The standard InChI is InChI=1S/C19H16N4O4/c1-2-27-18-10-9-17(21-22-18)13-5-3-7-15(11-13)20-19(24)14-6-4-8-16(12-14)23(25)26/h3-12H,2H2,1H3,(H,20,24). The minimum atomic E-state index is -0.540. The van der Waals surface area contributed by atoms with E-state index >= 15 is 0 Å². The maximum absolute atomic E-state index is 12.4. The Hall–Kier alpha value is -3.81. The Morgan fingerprint density at radius 3 is 2.63 bits per heavy atom. The molecule has 1 N–H and O–H groups in total. The number of nitro benzene ring substituents is 1. The molecule has 2 aromatic carbocycles. The summed E-state index contributed by atoms with van der Waals surface area (Å²) in [5, 5.41) is 21.7. The summed E-state index contributed by atoms with van der Waals surface area (Å²) in [5.74, 6) is 0.00464. The average molecular weight is 364 g/mol. The monoisotopic (exact) mass is 364 g/mol. The number of carbonyl (C=O) groups is 1. The van der Waals surface area contributed by atoms with Gasteiger partial charge in [-0.25, -0.2) is 0 Å². The van der Waals surface area contributed by atoms with E-state index in [9.17, 15) is 14.9 Å². The minimum absolute atomic E-state index is 0.138. The number of carbonyl (C=O) groups excluding carboxylic acids is 1. The molecule has 0 aliphatic rings. The summed E-state index contributed by atoms with van der Waals surface area (Å²) in [7, 11) is 0. The first-order chi connectivity index (χ1) is 13.1. The first kappa shape index (κ1) is 18.0. The summed E-state index contributed by atoms with van der Waals surface area (Å²) in [5.41, 5.74) is 2.00. The number of nitrogens with one attached hydrogen (secondary N) is 1. The molecule has 3 aromatic rings. The predicted octanol–water partition coefficient (Wildman–Crippen LogP) is 3.70. The van der Waals surface area contributed by atoms with Gasteiger partial charge in [0.2, 0.25) is 5.88 Å². The largest absolute Gasteiger partial charge is 0.477 e. The molecule has 0 saturated heterocycles. The van der Waals surface area contributed by atoms with Gasteiger partial charge in [-0.05, 0) is 31.2 Å². The highest BCUT2D eigenvalue weighted by molar-refractivity contribution is 6.04. The van der Waals surface area contributed by atoms with Crippen molar-refractivity contribution in [1.29, 1.82) is 0 Å². The van der Waals surface area contributed by atoms with E-state index in [2.05, 4.69) is 15.5 Å². The second-order valence-corrected chi connectivity index (χ2v) is 5.53. The van der Waals surface area contributed by atoms with E-state index < -0.39 is 10.8 Å². The van der Waals surface area contributed by atoms with Crippen LogP contribution in [0.25, 0.3) is 11.3 Å². The molecule has 0 aliphatic carbocycles. The van der Waals surface area contributed by atoms with Gasteiger partial charge in [0.1, 0.15) is 0 Å². The van der Waals surface area contributed by atoms with Crippen LogP contribution in [0, 0.1) is 10.1 Å². The van der Waals surface area contributed by atoms with Crippen molar-refractivity contribution in [2.24, 2.45) is 0 Å². The Bertz CT molecular complexity index is 973. The fourth-order valence-corrected chi connectivity index (χ4v) is 2.42. The van der Waals surface area contributed by atoms with Gasteiger partial charge in [-0.3, -0.25) is 14.9 Å². The van der Waals surface area contributed by atoms with Crippen molar-refractivity contribution in [2.75, 3.05) is 11.9 Å². The quantitative estimate of drug-likeness (QED) is 0.528. The number of rotatable bonds is 6. The maximum atomic E-state index is 12.4. The second kappa shape index (κ2) is 8.05. The molecule has 0 atom stereocenters. The van der Waals surface area contributed by atoms with Gasteiger partial charge in [0.05, 0.1) is 17.2 Å². The topological polar surface area (TPSA) is 107 Å². The summed E-state index contributed by atoms with van der Waals surface area (Å²) in [6.07, 6.45) is 0. The van der Waals surface area contributed by atoms with Crippen molar-refractivity contribution in [3.63, 3.8) is 0 Å². The highest BCUT2D eigenvalue weighted by Gasteiger charge is 2.12. The lowest BCUT2D eigenvalue weighted by Gasteiger charge is -2.08. The van der Waals surface area contributed by atoms with Gasteiger partial charge in [0, 0.05) is 35.0 Å². The summed E-state index contributed by atoms with van der Waals surface area (Å²) in [4.78, 5) is 22.7. The van der Waals surface area contributed by atoms with Gasteiger partial charge in [-0.1, -0.05) is 18.2 Å². The Balaban J connectivity index is 1.78. The lowest BCUT2D eigenvalue weighted by Crippen LogP contribution is -2.12. The van der Waals surface area contributed by atoms with Gasteiger partial charge in [-0.15, -0.1) is 10.2 Å². The van der Waals surface area contributed by atoms with E-state index in [1.54, 1.807) is 30.3 Å². The minimum Gasteiger partial charge on any atom is -0.477 e. The molecule has 0 spiro atoms. The van der Waals surface area contributed by atoms with Crippen molar-refractivity contribution >= 4 is 17.3 Å². The van der Waals surface area contributed by atoms with Crippen molar-refractivity contribution in [2.45, 2.75) is 6.92 Å². The van der Waals surface area contributed by atoms with Crippen LogP contribution >= 0.6 is 0 Å². The van der Waals surface area contributed by atoms with Crippen LogP contribution in [0.2, 0.25) is 0 Å². The predicted molar refractivity (Wildman–Crippen MR) is 99.7 cm³/mol. The van der Waals surface area contributed by atoms with Crippen LogP contribution in [-0.2, 0) is 0 Å². The first-order valence-electron chi connectivity index (χ1n) is 8.19. The Labute approximate surface area is 155 Å². The van der Waals surface area contributed by atoms with E-state index in [1.165, 1.54) is 24.3 Å². The number of benzene rings is 2. The van der Waals surface area contributed by atoms with Crippen LogP contribution in [0.3, 0.4) is 0 Å². The lowest BCUT2D eigenvalue weighted by molar-refractivity contribution is -0.384. The summed E-state index contributed by atoms with van der Waals surface area (Å²) in [6, 6.07) is 16.1. The molecule has 1 heterocycles. The van der Waals surface area contributed by atoms with E-state index in [1.807, 2.05) is 13.0 Å². The molecule has 0 radical (unpaired) electrons. The summed E-state index contributed by atoms with van der Waals surface area (Å²) < 4.78 is 5.27. The SMILES string of the molecule is CCOc1ccc(-c2cccc(NC(=O)c3cccc([N+](=O)[O-])c3)c2)nn1. The first-order valence-corrected chi connectivity index (χ1v) is 8.19. The van der Waals surface area contributed by atoms with Gasteiger partial charge >= 0.3 is 0 Å². The fraction of sp³-hybridized carbons (Fsp3) is 0.105. The zero-order chi connectivity index (χ0) is 19.2. The Morgan fingerprint density at radius 1 is 1.11 bits per heavy atom. The molecular formula is C19H16N4O4. The number of nitrogens with zero attached hydrogens (tertiary/aromatic N) is 3. The summed E-state index contributed by atoms with van der Waals surface area (Å²) >= 11 is 0. The fourth-order valence-electron chi connectivity index (χ4n) is 2.42. The Kier molecular flexibility index (Phi) is 5.36. The van der Waals surface area contributed by atoms with E-state index in [0.717, 1.165) is 5.56 Å². The smallest absolute Gasteiger partial charge is 0.270 e. The van der Waals surface area contributed by atoms with Crippen LogP contribution in [0.5, 0.6) is 5.88 Å². The zero-order valence-corrected chi connectivity index (χ0v) is 14.5. The molecule has 136 valence electrons. The van der Waals surface area contributed by atoms with Crippen LogP contribution in [0.4, 0.5) is 11.4 Å². The molecule has 0 saturated carbocycles. The van der Waals surface area contributed by atoms with Crippen LogP contribution in [0.1, 0.15) is 17.3 Å². The van der Waals surface area contributed by atoms with Crippen LogP contribution in [-0.4, -0.2) is 27.6 Å². The second-order valence-electron chi connectivity index (χ2n) is 5.53.